The van der Waals surface area contributed by atoms with Gasteiger partial charge in [-0.15, -0.1) is 0 Å². The van der Waals surface area contributed by atoms with E-state index in [-0.39, 0.29) is 18.1 Å². The zero-order valence-electron chi connectivity index (χ0n) is 11.6. The first-order valence-electron chi connectivity index (χ1n) is 6.51. The van der Waals surface area contributed by atoms with Crippen LogP contribution in [0, 0.1) is 0 Å². The van der Waals surface area contributed by atoms with Crippen molar-refractivity contribution in [3.8, 4) is 5.75 Å². The molecular formula is C14H18N2O4. The lowest BCUT2D eigenvalue weighted by Crippen LogP contribution is -2.29. The van der Waals surface area contributed by atoms with Crippen LogP contribution >= 0.6 is 0 Å². The van der Waals surface area contributed by atoms with Crippen LogP contribution in [-0.2, 0) is 9.53 Å². The Kier molecular flexibility index (Phi) is 4.12. The maximum absolute atomic E-state index is 11.9. The molecule has 1 aromatic carbocycles. The smallest absolute Gasteiger partial charge is 0.341 e. The summed E-state index contributed by atoms with van der Waals surface area (Å²) in [7, 11) is 1.72. The average molecular weight is 278 g/mol. The molecule has 0 aliphatic carbocycles. The van der Waals surface area contributed by atoms with E-state index < -0.39 is 12.1 Å². The van der Waals surface area contributed by atoms with Gasteiger partial charge in [-0.3, -0.25) is 4.79 Å². The van der Waals surface area contributed by atoms with Crippen molar-refractivity contribution < 1.29 is 19.1 Å². The fourth-order valence-corrected chi connectivity index (χ4v) is 2.07. The van der Waals surface area contributed by atoms with E-state index in [1.54, 1.807) is 31.0 Å². The van der Waals surface area contributed by atoms with E-state index in [9.17, 15) is 9.59 Å². The van der Waals surface area contributed by atoms with Crippen LogP contribution in [0.25, 0.3) is 0 Å². The topological polar surface area (TPSA) is 81.9 Å². The molecule has 1 amide bonds. The monoisotopic (exact) mass is 278 g/mol. The van der Waals surface area contributed by atoms with Gasteiger partial charge in [-0.2, -0.15) is 0 Å². The van der Waals surface area contributed by atoms with Crippen molar-refractivity contribution in [1.29, 1.82) is 0 Å². The molecule has 6 nitrogen and oxygen atoms in total. The first-order chi connectivity index (χ1) is 9.52. The average Bonchev–Trinajstić information content (AvgIpc) is 2.73. The fraction of sp³-hybridized carbons (Fsp3) is 0.429. The molecule has 0 radical (unpaired) electrons. The zero-order valence-corrected chi connectivity index (χ0v) is 11.6. The summed E-state index contributed by atoms with van der Waals surface area (Å²) in [4.78, 5) is 25.3. The minimum atomic E-state index is -0.559. The van der Waals surface area contributed by atoms with E-state index in [2.05, 4.69) is 0 Å². The molecule has 1 aromatic rings. The molecular weight excluding hydrogens is 260 g/mol. The Morgan fingerprint density at radius 2 is 2.25 bits per heavy atom. The summed E-state index contributed by atoms with van der Waals surface area (Å²) in [6.45, 7) is 2.63. The van der Waals surface area contributed by atoms with Gasteiger partial charge in [0.25, 0.3) is 5.91 Å². The van der Waals surface area contributed by atoms with Crippen molar-refractivity contribution >= 4 is 17.6 Å². The SMILES string of the molecule is CCOC(=O)c1cc(N)ccc1OC1CCN(C)C1=O. The second-order valence-electron chi connectivity index (χ2n) is 4.63. The normalized spacial score (nSPS) is 18.2. The van der Waals surface area contributed by atoms with E-state index in [1.165, 1.54) is 6.07 Å². The first kappa shape index (κ1) is 14.2. The third-order valence-electron chi connectivity index (χ3n) is 3.15. The largest absolute Gasteiger partial charge is 0.480 e. The predicted octanol–water partition coefficient (Wildman–Crippen LogP) is 1.06. The number of likely N-dealkylation sites (tertiary alicyclic amines) is 1. The van der Waals surface area contributed by atoms with Crippen LogP contribution in [0.5, 0.6) is 5.75 Å². The molecule has 1 aliphatic heterocycles. The van der Waals surface area contributed by atoms with Gasteiger partial charge in [0.05, 0.1) is 6.61 Å². The zero-order chi connectivity index (χ0) is 14.7. The minimum absolute atomic E-state index is 0.0865. The van der Waals surface area contributed by atoms with Crippen molar-refractivity contribution in [3.63, 3.8) is 0 Å². The van der Waals surface area contributed by atoms with Gasteiger partial charge in [-0.05, 0) is 25.1 Å². The van der Waals surface area contributed by atoms with E-state index >= 15 is 0 Å². The van der Waals surface area contributed by atoms with Crippen LogP contribution in [0.1, 0.15) is 23.7 Å². The van der Waals surface area contributed by atoms with Gasteiger partial charge in [0.15, 0.2) is 6.10 Å². The standard InChI is InChI=1S/C14H18N2O4/c1-3-19-14(18)10-8-9(15)4-5-11(10)20-12-6-7-16(2)13(12)17/h4-5,8,12H,3,6-7,15H2,1-2H3. The van der Waals surface area contributed by atoms with Gasteiger partial charge in [-0.1, -0.05) is 0 Å². The number of benzene rings is 1. The van der Waals surface area contributed by atoms with Gasteiger partial charge in [0.2, 0.25) is 0 Å². The van der Waals surface area contributed by atoms with Crippen molar-refractivity contribution in [2.45, 2.75) is 19.4 Å². The number of nitrogens with two attached hydrogens (primary N) is 1. The number of hydrogen-bond donors (Lipinski definition) is 1. The van der Waals surface area contributed by atoms with E-state index in [0.29, 0.717) is 24.4 Å². The van der Waals surface area contributed by atoms with Crippen LogP contribution in [0.15, 0.2) is 18.2 Å². The summed E-state index contributed by atoms with van der Waals surface area (Å²) in [6, 6.07) is 4.71. The Balaban J connectivity index is 2.23. The van der Waals surface area contributed by atoms with Crippen LogP contribution in [0.3, 0.4) is 0 Å². The Labute approximate surface area is 117 Å². The van der Waals surface area contributed by atoms with Crippen molar-refractivity contribution in [2.75, 3.05) is 25.9 Å². The molecule has 0 spiro atoms. The molecule has 1 aliphatic rings. The number of ether oxygens (including phenoxy) is 2. The molecule has 1 heterocycles. The maximum Gasteiger partial charge on any atom is 0.341 e. The molecule has 1 atom stereocenters. The van der Waals surface area contributed by atoms with E-state index in [1.807, 2.05) is 0 Å². The van der Waals surface area contributed by atoms with E-state index in [4.69, 9.17) is 15.2 Å². The highest BCUT2D eigenvalue weighted by Crippen LogP contribution is 2.26. The van der Waals surface area contributed by atoms with Gasteiger partial charge < -0.3 is 20.1 Å². The summed E-state index contributed by atoms with van der Waals surface area (Å²) in [5.41, 5.74) is 6.37. The van der Waals surface area contributed by atoms with Gasteiger partial charge in [0.1, 0.15) is 11.3 Å². The summed E-state index contributed by atoms with van der Waals surface area (Å²) < 4.78 is 10.6. The Morgan fingerprint density at radius 1 is 1.50 bits per heavy atom. The van der Waals surface area contributed by atoms with E-state index in [0.717, 1.165) is 0 Å². The molecule has 0 aromatic heterocycles. The molecule has 2 N–H and O–H groups in total. The highest BCUT2D eigenvalue weighted by atomic mass is 16.5. The summed E-state index contributed by atoms with van der Waals surface area (Å²) in [5.74, 6) is -0.267. The van der Waals surface area contributed by atoms with Gasteiger partial charge in [0, 0.05) is 25.7 Å². The lowest BCUT2D eigenvalue weighted by atomic mass is 10.1. The van der Waals surface area contributed by atoms with Crippen LogP contribution in [-0.4, -0.2) is 43.1 Å². The van der Waals surface area contributed by atoms with Crippen molar-refractivity contribution in [1.82, 2.24) is 4.90 Å². The van der Waals surface area contributed by atoms with Gasteiger partial charge in [-0.25, -0.2) is 4.79 Å². The van der Waals surface area contributed by atoms with Crippen LogP contribution < -0.4 is 10.5 Å². The number of rotatable bonds is 4. The van der Waals surface area contributed by atoms with Gasteiger partial charge >= 0.3 is 5.97 Å². The highest BCUT2D eigenvalue weighted by molar-refractivity contribution is 5.94. The molecule has 2 rings (SSSR count). The van der Waals surface area contributed by atoms with Crippen molar-refractivity contribution in [2.24, 2.45) is 0 Å². The number of hydrogen-bond acceptors (Lipinski definition) is 5. The second-order valence-corrected chi connectivity index (χ2v) is 4.63. The first-order valence-corrected chi connectivity index (χ1v) is 6.51. The third-order valence-corrected chi connectivity index (χ3v) is 3.15. The quantitative estimate of drug-likeness (QED) is 0.657. The predicted molar refractivity (Wildman–Crippen MR) is 73.5 cm³/mol. The fourth-order valence-electron chi connectivity index (χ4n) is 2.07. The number of nitrogens with zero attached hydrogens (tertiary/aromatic N) is 1. The second kappa shape index (κ2) is 5.81. The maximum atomic E-state index is 11.9. The molecule has 1 fully saturated rings. The molecule has 0 saturated carbocycles. The number of carbonyl (C=O) groups is 2. The number of carbonyl (C=O) groups excluding carboxylic acids is 2. The summed E-state index contributed by atoms with van der Waals surface area (Å²) in [6.07, 6.45) is 0.0407. The number of esters is 1. The number of amides is 1. The molecule has 1 saturated heterocycles. The molecule has 108 valence electrons. The number of anilines is 1. The summed E-state index contributed by atoms with van der Waals surface area (Å²) in [5, 5.41) is 0. The minimum Gasteiger partial charge on any atom is -0.480 e. The lowest BCUT2D eigenvalue weighted by molar-refractivity contribution is -0.132. The van der Waals surface area contributed by atoms with Crippen LogP contribution in [0.2, 0.25) is 0 Å². The number of likely N-dealkylation sites (N-methyl/N-ethyl adjacent to an activating group) is 1. The van der Waals surface area contributed by atoms with Crippen LogP contribution in [0.4, 0.5) is 5.69 Å². The van der Waals surface area contributed by atoms with Crippen molar-refractivity contribution in [3.05, 3.63) is 23.8 Å². The number of nitrogen functional groups attached to an aromatic ring is 1. The lowest BCUT2D eigenvalue weighted by Gasteiger charge is -2.15. The Hall–Kier alpha value is -2.24. The molecule has 1 unspecified atom stereocenters. The molecule has 0 bridgehead atoms. The molecule has 6 heteroatoms. The Morgan fingerprint density at radius 3 is 2.85 bits per heavy atom. The summed E-state index contributed by atoms with van der Waals surface area (Å²) >= 11 is 0. The molecule has 20 heavy (non-hydrogen) atoms. The highest BCUT2D eigenvalue weighted by Gasteiger charge is 2.31. The Bertz CT molecular complexity index is 530. The third kappa shape index (κ3) is 2.84.